The maximum atomic E-state index is 3.90. The van der Waals surface area contributed by atoms with Crippen LogP contribution >= 0.6 is 22.6 Å². The normalized spacial score (nSPS) is 12.5. The van der Waals surface area contributed by atoms with Crippen molar-refractivity contribution in [2.24, 2.45) is 9.98 Å². The first-order valence-corrected chi connectivity index (χ1v) is 3.16. The van der Waals surface area contributed by atoms with Crippen LogP contribution in [0.15, 0.2) is 22.4 Å². The van der Waals surface area contributed by atoms with Gasteiger partial charge in [0.2, 0.25) is 0 Å². The Kier molecular flexibility index (Phi) is 4.84. The molecule has 0 radical (unpaired) electrons. The van der Waals surface area contributed by atoms with Gasteiger partial charge in [-0.25, -0.2) is 0 Å². The van der Waals surface area contributed by atoms with Crippen LogP contribution in [0, 0.1) is 0 Å². The lowest BCUT2D eigenvalue weighted by molar-refractivity contribution is 1.49. The number of rotatable bonds is 2. The molecule has 0 unspecified atom stereocenters. The SMILES string of the molecule is C=N/C=C\N=C(/C)I. The zero-order chi connectivity index (χ0) is 6.41. The van der Waals surface area contributed by atoms with E-state index in [1.165, 1.54) is 0 Å². The van der Waals surface area contributed by atoms with Crippen molar-refractivity contribution >= 4 is 33.0 Å². The Balaban J connectivity index is 3.57. The summed E-state index contributed by atoms with van der Waals surface area (Å²) in [4.78, 5) is 7.37. The monoisotopic (exact) mass is 222 g/mol. The highest BCUT2D eigenvalue weighted by atomic mass is 127. The van der Waals surface area contributed by atoms with Crippen LogP contribution in [0.3, 0.4) is 0 Å². The summed E-state index contributed by atoms with van der Waals surface area (Å²) in [6.45, 7) is 5.16. The van der Waals surface area contributed by atoms with E-state index in [0.29, 0.717) is 0 Å². The molecule has 44 valence electrons. The van der Waals surface area contributed by atoms with Gasteiger partial charge in [0.25, 0.3) is 0 Å². The highest BCUT2D eigenvalue weighted by Gasteiger charge is 1.70. The van der Waals surface area contributed by atoms with Gasteiger partial charge in [0.05, 0.1) is 3.72 Å². The van der Waals surface area contributed by atoms with E-state index in [2.05, 4.69) is 39.3 Å². The van der Waals surface area contributed by atoms with Crippen molar-refractivity contribution in [3.8, 4) is 0 Å². The highest BCUT2D eigenvalue weighted by molar-refractivity contribution is 14.1. The molecular formula is C5H7IN2. The molecule has 0 saturated carbocycles. The first kappa shape index (κ1) is 7.81. The summed E-state index contributed by atoms with van der Waals surface area (Å²) in [7, 11) is 0. The van der Waals surface area contributed by atoms with Gasteiger partial charge in [-0.05, 0) is 36.2 Å². The van der Waals surface area contributed by atoms with Crippen molar-refractivity contribution in [2.75, 3.05) is 0 Å². The zero-order valence-corrected chi connectivity index (χ0v) is 6.79. The van der Waals surface area contributed by atoms with Gasteiger partial charge in [0.1, 0.15) is 0 Å². The van der Waals surface area contributed by atoms with Crippen LogP contribution in [-0.2, 0) is 0 Å². The van der Waals surface area contributed by atoms with E-state index in [1.54, 1.807) is 12.4 Å². The van der Waals surface area contributed by atoms with Gasteiger partial charge in [-0.3, -0.25) is 9.98 Å². The number of aliphatic imine (C=N–C) groups is 2. The summed E-state index contributed by atoms with van der Waals surface area (Å²) >= 11 is 2.12. The van der Waals surface area contributed by atoms with Crippen LogP contribution in [0.4, 0.5) is 0 Å². The minimum Gasteiger partial charge on any atom is -0.271 e. The van der Waals surface area contributed by atoms with E-state index in [-0.39, 0.29) is 0 Å². The van der Waals surface area contributed by atoms with Crippen molar-refractivity contribution in [3.63, 3.8) is 0 Å². The Morgan fingerprint density at radius 3 is 2.62 bits per heavy atom. The standard InChI is InChI=1S/C5H7IN2/c1-5(6)8-4-3-7-2/h3-4H,2H2,1H3/b4-3-,8-5+. The van der Waals surface area contributed by atoms with Gasteiger partial charge in [-0.15, -0.1) is 0 Å². The molecule has 0 aliphatic rings. The van der Waals surface area contributed by atoms with Crippen LogP contribution in [-0.4, -0.2) is 10.4 Å². The molecule has 3 heteroatoms. The fraction of sp³-hybridized carbons (Fsp3) is 0.200. The summed E-state index contributed by atoms with van der Waals surface area (Å²) in [6.07, 6.45) is 3.15. The van der Waals surface area contributed by atoms with Gasteiger partial charge >= 0.3 is 0 Å². The first-order chi connectivity index (χ1) is 3.77. The molecule has 0 N–H and O–H groups in total. The second-order valence-corrected chi connectivity index (χ2v) is 2.67. The maximum Gasteiger partial charge on any atom is 0.0753 e. The highest BCUT2D eigenvalue weighted by Crippen LogP contribution is 1.88. The van der Waals surface area contributed by atoms with Gasteiger partial charge < -0.3 is 0 Å². The molecule has 2 nitrogen and oxygen atoms in total. The molecule has 0 aliphatic heterocycles. The van der Waals surface area contributed by atoms with E-state index < -0.39 is 0 Å². The van der Waals surface area contributed by atoms with Crippen molar-refractivity contribution in [3.05, 3.63) is 12.4 Å². The minimum atomic E-state index is 0.988. The van der Waals surface area contributed by atoms with Crippen LogP contribution in [0.5, 0.6) is 0 Å². The zero-order valence-electron chi connectivity index (χ0n) is 4.63. The Morgan fingerprint density at radius 1 is 1.62 bits per heavy atom. The number of nitrogens with zero attached hydrogens (tertiary/aromatic N) is 2. The van der Waals surface area contributed by atoms with Crippen molar-refractivity contribution in [1.82, 2.24) is 0 Å². The van der Waals surface area contributed by atoms with E-state index in [1.807, 2.05) is 6.92 Å². The average Bonchev–Trinajstić information content (AvgIpc) is 1.66. The molecule has 0 aromatic heterocycles. The van der Waals surface area contributed by atoms with Crippen LogP contribution < -0.4 is 0 Å². The van der Waals surface area contributed by atoms with Gasteiger partial charge in [0.15, 0.2) is 0 Å². The summed E-state index contributed by atoms with van der Waals surface area (Å²) < 4.78 is 0.988. The van der Waals surface area contributed by atoms with E-state index >= 15 is 0 Å². The predicted molar refractivity (Wildman–Crippen MR) is 45.8 cm³/mol. The summed E-state index contributed by atoms with van der Waals surface area (Å²) in [6, 6.07) is 0. The van der Waals surface area contributed by atoms with Gasteiger partial charge in [0, 0.05) is 12.4 Å². The number of hydrogen-bond donors (Lipinski definition) is 0. The fourth-order valence-corrected chi connectivity index (χ4v) is 0.344. The Bertz CT molecular complexity index is 122. The Morgan fingerprint density at radius 2 is 2.25 bits per heavy atom. The van der Waals surface area contributed by atoms with Crippen molar-refractivity contribution < 1.29 is 0 Å². The second-order valence-electron chi connectivity index (χ2n) is 1.11. The molecule has 0 aromatic carbocycles. The third-order valence-electron chi connectivity index (χ3n) is 0.425. The molecule has 0 aliphatic carbocycles. The quantitative estimate of drug-likeness (QED) is 0.504. The maximum absolute atomic E-state index is 3.90. The number of hydrogen-bond acceptors (Lipinski definition) is 2. The Hall–Kier alpha value is -0.190. The molecule has 0 atom stereocenters. The van der Waals surface area contributed by atoms with E-state index in [4.69, 9.17) is 0 Å². The molecule has 0 spiro atoms. The van der Waals surface area contributed by atoms with E-state index in [9.17, 15) is 0 Å². The molecule has 0 amide bonds. The molecule has 0 saturated heterocycles. The van der Waals surface area contributed by atoms with Crippen LogP contribution in [0.1, 0.15) is 6.92 Å². The predicted octanol–water partition coefficient (Wildman–Crippen LogP) is 2.01. The third kappa shape index (κ3) is 5.81. The van der Waals surface area contributed by atoms with Crippen molar-refractivity contribution in [2.45, 2.75) is 6.92 Å². The second kappa shape index (κ2) is 4.96. The largest absolute Gasteiger partial charge is 0.271 e. The topological polar surface area (TPSA) is 24.7 Å². The average molecular weight is 222 g/mol. The summed E-state index contributed by atoms with van der Waals surface area (Å²) in [5.41, 5.74) is 0. The minimum absolute atomic E-state index is 0.988. The van der Waals surface area contributed by atoms with Gasteiger partial charge in [-0.2, -0.15) is 0 Å². The molecule has 0 bridgehead atoms. The molecule has 0 rings (SSSR count). The van der Waals surface area contributed by atoms with Gasteiger partial charge in [-0.1, -0.05) is 0 Å². The lowest BCUT2D eigenvalue weighted by atomic mass is 10.8. The molecule has 0 fully saturated rings. The Labute approximate surface area is 62.6 Å². The lowest BCUT2D eigenvalue weighted by Gasteiger charge is -1.76. The molecule has 8 heavy (non-hydrogen) atoms. The van der Waals surface area contributed by atoms with Crippen LogP contribution in [0.2, 0.25) is 0 Å². The fourth-order valence-electron chi connectivity index (χ4n) is 0.183. The van der Waals surface area contributed by atoms with Crippen molar-refractivity contribution in [1.29, 1.82) is 0 Å². The number of halogens is 1. The summed E-state index contributed by atoms with van der Waals surface area (Å²) in [5.74, 6) is 0. The molecule has 0 aromatic rings. The molecule has 0 heterocycles. The third-order valence-corrected chi connectivity index (χ3v) is 0.703. The smallest absolute Gasteiger partial charge is 0.0753 e. The molecular weight excluding hydrogens is 215 g/mol. The van der Waals surface area contributed by atoms with E-state index in [0.717, 1.165) is 3.72 Å². The summed E-state index contributed by atoms with van der Waals surface area (Å²) in [5, 5.41) is 0. The lowest BCUT2D eigenvalue weighted by Crippen LogP contribution is -1.66. The first-order valence-electron chi connectivity index (χ1n) is 2.08. The van der Waals surface area contributed by atoms with Crippen LogP contribution in [0.25, 0.3) is 0 Å².